The van der Waals surface area contributed by atoms with Gasteiger partial charge in [-0.25, -0.2) is 9.59 Å². The van der Waals surface area contributed by atoms with Crippen molar-refractivity contribution >= 4 is 23.8 Å². The third-order valence-electron chi connectivity index (χ3n) is 2.36. The van der Waals surface area contributed by atoms with Crippen molar-refractivity contribution in [2.24, 2.45) is 0 Å². The Hall–Kier alpha value is -1.69. The van der Waals surface area contributed by atoms with Crippen LogP contribution in [0, 0.1) is 0 Å². The number of amides is 1. The summed E-state index contributed by atoms with van der Waals surface area (Å²) in [6.45, 7) is 5.96. The summed E-state index contributed by atoms with van der Waals surface area (Å²) in [6, 6.07) is 6.86. The zero-order valence-corrected chi connectivity index (χ0v) is 13.3. The number of ether oxygens (including phenoxy) is 1. The molecular weight excluding hydrogens is 290 g/mol. The summed E-state index contributed by atoms with van der Waals surface area (Å²) in [6.07, 6.45) is -0.420. The number of rotatable bonds is 6. The Morgan fingerprint density at radius 3 is 2.67 bits per heavy atom. The van der Waals surface area contributed by atoms with Crippen LogP contribution in [-0.4, -0.2) is 35.1 Å². The molecule has 6 heteroatoms. The van der Waals surface area contributed by atoms with Crippen LogP contribution in [0.2, 0.25) is 0 Å². The van der Waals surface area contributed by atoms with Crippen molar-refractivity contribution < 1.29 is 19.4 Å². The lowest BCUT2D eigenvalue weighted by atomic mass is 10.1. The molecule has 1 amide bonds. The van der Waals surface area contributed by atoms with Crippen LogP contribution in [-0.2, 0) is 10.5 Å². The first-order valence-electron chi connectivity index (χ1n) is 6.65. The molecule has 0 aliphatic carbocycles. The van der Waals surface area contributed by atoms with E-state index in [0.717, 1.165) is 11.3 Å². The van der Waals surface area contributed by atoms with Crippen molar-refractivity contribution in [1.29, 1.82) is 0 Å². The van der Waals surface area contributed by atoms with Crippen molar-refractivity contribution in [3.63, 3.8) is 0 Å². The first kappa shape index (κ1) is 17.4. The van der Waals surface area contributed by atoms with Gasteiger partial charge in [0.15, 0.2) is 0 Å². The van der Waals surface area contributed by atoms with Gasteiger partial charge in [0.1, 0.15) is 5.60 Å². The summed E-state index contributed by atoms with van der Waals surface area (Å²) in [5.41, 5.74) is 0.756. The van der Waals surface area contributed by atoms with E-state index in [4.69, 9.17) is 9.84 Å². The quantitative estimate of drug-likeness (QED) is 0.789. The summed E-state index contributed by atoms with van der Waals surface area (Å²) >= 11 is 1.62. The van der Waals surface area contributed by atoms with Gasteiger partial charge in [-0.05, 0) is 38.5 Å². The maximum absolute atomic E-state index is 11.4. The number of carbonyl (C=O) groups excluding carboxylic acids is 1. The zero-order chi connectivity index (χ0) is 15.9. The minimum Gasteiger partial charge on any atom is -0.478 e. The molecule has 0 saturated carbocycles. The lowest BCUT2D eigenvalue weighted by Crippen LogP contribution is -2.33. The van der Waals surface area contributed by atoms with E-state index in [-0.39, 0.29) is 0 Å². The number of nitrogens with one attached hydrogen (secondary N) is 1. The smallest absolute Gasteiger partial charge is 0.407 e. The van der Waals surface area contributed by atoms with Crippen LogP contribution in [0.4, 0.5) is 4.79 Å². The highest BCUT2D eigenvalue weighted by Gasteiger charge is 2.15. The predicted molar refractivity (Wildman–Crippen MR) is 83.8 cm³/mol. The van der Waals surface area contributed by atoms with Gasteiger partial charge in [0, 0.05) is 18.1 Å². The monoisotopic (exact) mass is 311 g/mol. The van der Waals surface area contributed by atoms with E-state index in [1.165, 1.54) is 0 Å². The molecule has 0 aliphatic rings. The van der Waals surface area contributed by atoms with Gasteiger partial charge in [-0.3, -0.25) is 0 Å². The lowest BCUT2D eigenvalue weighted by Gasteiger charge is -2.19. The molecule has 116 valence electrons. The normalized spacial score (nSPS) is 11.0. The largest absolute Gasteiger partial charge is 0.478 e. The Bertz CT molecular complexity index is 497. The van der Waals surface area contributed by atoms with E-state index < -0.39 is 17.7 Å². The SMILES string of the molecule is CC(C)(C)OC(=O)NCCSCc1cccc(C(=O)O)c1. The summed E-state index contributed by atoms with van der Waals surface area (Å²) in [5, 5.41) is 11.6. The molecule has 0 fully saturated rings. The van der Waals surface area contributed by atoms with Crippen LogP contribution in [0.5, 0.6) is 0 Å². The molecule has 0 bridgehead atoms. The molecule has 1 aromatic rings. The average molecular weight is 311 g/mol. The molecule has 5 nitrogen and oxygen atoms in total. The van der Waals surface area contributed by atoms with Gasteiger partial charge in [0.05, 0.1) is 5.56 Å². The summed E-state index contributed by atoms with van der Waals surface area (Å²) in [7, 11) is 0. The van der Waals surface area contributed by atoms with Gasteiger partial charge in [-0.15, -0.1) is 0 Å². The van der Waals surface area contributed by atoms with E-state index in [1.807, 2.05) is 26.8 Å². The molecule has 21 heavy (non-hydrogen) atoms. The van der Waals surface area contributed by atoms with E-state index in [0.29, 0.717) is 17.9 Å². The number of aromatic carboxylic acids is 1. The third-order valence-corrected chi connectivity index (χ3v) is 3.39. The van der Waals surface area contributed by atoms with Gasteiger partial charge in [0.2, 0.25) is 0 Å². The number of carboxylic acid groups (broad SMARTS) is 1. The molecule has 2 N–H and O–H groups in total. The zero-order valence-electron chi connectivity index (χ0n) is 12.5. The van der Waals surface area contributed by atoms with Crippen molar-refractivity contribution in [1.82, 2.24) is 5.32 Å². The molecule has 0 aliphatic heterocycles. The van der Waals surface area contributed by atoms with Crippen molar-refractivity contribution in [3.05, 3.63) is 35.4 Å². The lowest BCUT2D eigenvalue weighted by molar-refractivity contribution is 0.0530. The molecule has 1 aromatic carbocycles. The molecule has 0 spiro atoms. The highest BCUT2D eigenvalue weighted by molar-refractivity contribution is 7.98. The van der Waals surface area contributed by atoms with Gasteiger partial charge < -0.3 is 15.2 Å². The number of hydrogen-bond donors (Lipinski definition) is 2. The van der Waals surface area contributed by atoms with Gasteiger partial charge in [-0.1, -0.05) is 12.1 Å². The van der Waals surface area contributed by atoms with E-state index in [9.17, 15) is 9.59 Å². The average Bonchev–Trinajstić information content (AvgIpc) is 2.36. The predicted octanol–water partition coefficient (Wildman–Crippen LogP) is 3.14. The minimum atomic E-state index is -0.923. The Morgan fingerprint density at radius 2 is 2.05 bits per heavy atom. The highest BCUT2D eigenvalue weighted by Crippen LogP contribution is 2.13. The first-order valence-corrected chi connectivity index (χ1v) is 7.80. The Morgan fingerprint density at radius 1 is 1.33 bits per heavy atom. The maximum atomic E-state index is 11.4. The van der Waals surface area contributed by atoms with Crippen LogP contribution in [0.3, 0.4) is 0 Å². The van der Waals surface area contributed by atoms with Gasteiger partial charge in [-0.2, -0.15) is 11.8 Å². The number of carboxylic acids is 1. The fourth-order valence-electron chi connectivity index (χ4n) is 1.52. The van der Waals surface area contributed by atoms with Crippen LogP contribution in [0.1, 0.15) is 36.7 Å². The van der Waals surface area contributed by atoms with Crippen LogP contribution >= 0.6 is 11.8 Å². The van der Waals surface area contributed by atoms with Crippen LogP contribution < -0.4 is 5.32 Å². The second-order valence-electron chi connectivity index (χ2n) is 5.49. The second-order valence-corrected chi connectivity index (χ2v) is 6.59. The number of thioether (sulfide) groups is 1. The molecular formula is C15H21NO4S. The van der Waals surface area contributed by atoms with Gasteiger partial charge in [0.25, 0.3) is 0 Å². The maximum Gasteiger partial charge on any atom is 0.407 e. The highest BCUT2D eigenvalue weighted by atomic mass is 32.2. The van der Waals surface area contributed by atoms with Crippen LogP contribution in [0.15, 0.2) is 24.3 Å². The Kier molecular flexibility index (Phi) is 6.55. The van der Waals surface area contributed by atoms with Crippen molar-refractivity contribution in [2.45, 2.75) is 32.1 Å². The molecule has 0 aromatic heterocycles. The summed E-state index contributed by atoms with van der Waals surface area (Å²) < 4.78 is 5.12. The van der Waals surface area contributed by atoms with Gasteiger partial charge >= 0.3 is 12.1 Å². The summed E-state index contributed by atoms with van der Waals surface area (Å²) in [4.78, 5) is 22.3. The van der Waals surface area contributed by atoms with Crippen molar-refractivity contribution in [3.8, 4) is 0 Å². The molecule has 0 heterocycles. The van der Waals surface area contributed by atoms with E-state index in [2.05, 4.69) is 5.32 Å². The number of alkyl carbamates (subject to hydrolysis) is 1. The minimum absolute atomic E-state index is 0.292. The number of hydrogen-bond acceptors (Lipinski definition) is 4. The number of benzene rings is 1. The first-order chi connectivity index (χ1) is 9.78. The Balaban J connectivity index is 2.24. The molecule has 1 rings (SSSR count). The molecule has 0 saturated heterocycles. The summed E-state index contributed by atoms with van der Waals surface area (Å²) in [5.74, 6) is 0.515. The number of carbonyl (C=O) groups is 2. The standard InChI is InChI=1S/C15H21NO4S/c1-15(2,3)20-14(19)16-7-8-21-10-11-5-4-6-12(9-11)13(17)18/h4-6,9H,7-8,10H2,1-3H3,(H,16,19)(H,17,18). The second kappa shape index (κ2) is 7.93. The fraction of sp³-hybridized carbons (Fsp3) is 0.467. The Labute approximate surface area is 129 Å². The van der Waals surface area contributed by atoms with Crippen LogP contribution in [0.25, 0.3) is 0 Å². The van der Waals surface area contributed by atoms with E-state index >= 15 is 0 Å². The topological polar surface area (TPSA) is 75.6 Å². The van der Waals surface area contributed by atoms with E-state index in [1.54, 1.807) is 30.0 Å². The van der Waals surface area contributed by atoms with Crippen molar-refractivity contribution in [2.75, 3.05) is 12.3 Å². The molecule has 0 radical (unpaired) electrons. The third kappa shape index (κ3) is 7.60. The molecule has 0 atom stereocenters. The fourth-order valence-corrected chi connectivity index (χ4v) is 2.33. The molecule has 0 unspecified atom stereocenters.